The first kappa shape index (κ1) is 18.7. The third-order valence-electron chi connectivity index (χ3n) is 4.64. The van der Waals surface area contributed by atoms with Crippen molar-refractivity contribution in [2.24, 2.45) is 0 Å². The standard InChI is InChI=1S/C22H17N3O6/c1-13-7-20-23-16(10-21(26)25(20)31-13)11-28-17-4-2-3-15(9-17)24-22(27)14-5-6-18-19(8-14)30-12-29-18/h2-10H,11-12H2,1H3,(H,24,27). The number of nitrogens with one attached hydrogen (secondary N) is 1. The molecule has 3 heterocycles. The Balaban J connectivity index is 1.28. The van der Waals surface area contributed by atoms with Crippen molar-refractivity contribution in [1.82, 2.24) is 9.56 Å². The maximum absolute atomic E-state index is 12.6. The van der Waals surface area contributed by atoms with Gasteiger partial charge in [-0.15, -0.1) is 4.57 Å². The van der Waals surface area contributed by atoms with Gasteiger partial charge >= 0.3 is 0 Å². The Morgan fingerprint density at radius 3 is 2.90 bits per heavy atom. The van der Waals surface area contributed by atoms with E-state index in [-0.39, 0.29) is 24.9 Å². The molecule has 156 valence electrons. The number of aryl methyl sites for hydroxylation is 1. The maximum Gasteiger partial charge on any atom is 0.287 e. The molecule has 0 fully saturated rings. The summed E-state index contributed by atoms with van der Waals surface area (Å²) in [7, 11) is 0. The minimum absolute atomic E-state index is 0.0928. The van der Waals surface area contributed by atoms with Gasteiger partial charge in [0.25, 0.3) is 11.5 Å². The summed E-state index contributed by atoms with van der Waals surface area (Å²) in [5.41, 5.74) is 1.59. The first-order chi connectivity index (χ1) is 15.0. The van der Waals surface area contributed by atoms with E-state index >= 15 is 0 Å². The zero-order valence-corrected chi connectivity index (χ0v) is 16.5. The molecule has 0 unspecified atom stereocenters. The van der Waals surface area contributed by atoms with Crippen LogP contribution in [0.1, 0.15) is 21.8 Å². The molecule has 0 saturated heterocycles. The van der Waals surface area contributed by atoms with Crippen LogP contribution in [-0.4, -0.2) is 22.3 Å². The van der Waals surface area contributed by atoms with Gasteiger partial charge in [-0.3, -0.25) is 9.59 Å². The van der Waals surface area contributed by atoms with Gasteiger partial charge in [0.2, 0.25) is 6.79 Å². The van der Waals surface area contributed by atoms with Crippen LogP contribution in [0.4, 0.5) is 5.69 Å². The lowest BCUT2D eigenvalue weighted by atomic mass is 10.2. The number of carbonyl (C=O) groups is 1. The van der Waals surface area contributed by atoms with Crippen LogP contribution in [0.2, 0.25) is 0 Å². The van der Waals surface area contributed by atoms with E-state index < -0.39 is 0 Å². The molecule has 0 saturated carbocycles. The zero-order chi connectivity index (χ0) is 21.4. The number of anilines is 1. The van der Waals surface area contributed by atoms with Gasteiger partial charge in [-0.25, -0.2) is 4.98 Å². The SMILES string of the molecule is Cc1cc2nc(COc3cccc(NC(=O)c4ccc5c(c4)OCO5)c3)cc(=O)n2o1. The Kier molecular flexibility index (Phi) is 4.55. The van der Waals surface area contributed by atoms with E-state index in [0.29, 0.717) is 45.6 Å². The Bertz CT molecular complexity index is 1360. The van der Waals surface area contributed by atoms with Crippen LogP contribution in [0.3, 0.4) is 0 Å². The van der Waals surface area contributed by atoms with Gasteiger partial charge in [-0.05, 0) is 37.3 Å². The van der Waals surface area contributed by atoms with Crippen molar-refractivity contribution in [2.75, 3.05) is 12.1 Å². The average Bonchev–Trinajstić information content (AvgIpc) is 3.38. The lowest BCUT2D eigenvalue weighted by Gasteiger charge is -2.09. The molecule has 0 atom stereocenters. The fourth-order valence-electron chi connectivity index (χ4n) is 3.21. The smallest absolute Gasteiger partial charge is 0.287 e. The summed E-state index contributed by atoms with van der Waals surface area (Å²) < 4.78 is 22.7. The van der Waals surface area contributed by atoms with Gasteiger partial charge in [0.15, 0.2) is 17.1 Å². The molecule has 2 aromatic heterocycles. The van der Waals surface area contributed by atoms with Gasteiger partial charge in [0.1, 0.15) is 18.1 Å². The molecule has 1 aliphatic heterocycles. The summed E-state index contributed by atoms with van der Waals surface area (Å²) in [6.45, 7) is 1.98. The summed E-state index contributed by atoms with van der Waals surface area (Å²) in [5, 5.41) is 2.83. The van der Waals surface area contributed by atoms with E-state index in [2.05, 4.69) is 10.3 Å². The van der Waals surface area contributed by atoms with Gasteiger partial charge in [-0.2, -0.15) is 0 Å². The maximum atomic E-state index is 12.6. The summed E-state index contributed by atoms with van der Waals surface area (Å²) in [6.07, 6.45) is 0. The summed E-state index contributed by atoms with van der Waals surface area (Å²) in [4.78, 5) is 29.0. The van der Waals surface area contributed by atoms with Crippen molar-refractivity contribution < 1.29 is 23.5 Å². The summed E-state index contributed by atoms with van der Waals surface area (Å²) >= 11 is 0. The average molecular weight is 419 g/mol. The lowest BCUT2D eigenvalue weighted by Crippen LogP contribution is -2.14. The quantitative estimate of drug-likeness (QED) is 0.530. The Morgan fingerprint density at radius 2 is 2.00 bits per heavy atom. The molecule has 4 aromatic rings. The van der Waals surface area contributed by atoms with E-state index in [1.54, 1.807) is 55.5 Å². The van der Waals surface area contributed by atoms with Gasteiger partial charge < -0.3 is 24.1 Å². The highest BCUT2D eigenvalue weighted by molar-refractivity contribution is 6.04. The van der Waals surface area contributed by atoms with Crippen LogP contribution < -0.4 is 25.1 Å². The topological polar surface area (TPSA) is 104 Å². The number of hydrogen-bond acceptors (Lipinski definition) is 7. The monoisotopic (exact) mass is 419 g/mol. The number of amides is 1. The lowest BCUT2D eigenvalue weighted by molar-refractivity contribution is 0.102. The van der Waals surface area contributed by atoms with Gasteiger partial charge in [0.05, 0.1) is 5.69 Å². The second-order valence-corrected chi connectivity index (χ2v) is 6.92. The van der Waals surface area contributed by atoms with E-state index in [4.69, 9.17) is 18.7 Å². The molecule has 0 radical (unpaired) electrons. The Labute approximate surface area is 175 Å². The third kappa shape index (κ3) is 3.80. The molecule has 9 heteroatoms. The van der Waals surface area contributed by atoms with E-state index in [1.807, 2.05) is 0 Å². The van der Waals surface area contributed by atoms with E-state index in [9.17, 15) is 9.59 Å². The number of hydrogen-bond donors (Lipinski definition) is 1. The van der Waals surface area contributed by atoms with Gasteiger partial charge in [0, 0.05) is 29.4 Å². The fraction of sp³-hybridized carbons (Fsp3) is 0.136. The summed E-state index contributed by atoms with van der Waals surface area (Å²) in [6, 6.07) is 15.0. The summed E-state index contributed by atoms with van der Waals surface area (Å²) in [5.74, 6) is 1.98. The largest absolute Gasteiger partial charge is 0.487 e. The highest BCUT2D eigenvalue weighted by Gasteiger charge is 2.16. The molecule has 0 bridgehead atoms. The normalized spacial score (nSPS) is 12.2. The third-order valence-corrected chi connectivity index (χ3v) is 4.64. The van der Waals surface area contributed by atoms with Crippen LogP contribution >= 0.6 is 0 Å². The number of aromatic nitrogens is 2. The van der Waals surface area contributed by atoms with E-state index in [0.717, 1.165) is 4.57 Å². The van der Waals surface area contributed by atoms with Crippen LogP contribution in [0, 0.1) is 6.92 Å². The molecular formula is C22H17N3O6. The van der Waals surface area contributed by atoms with Crippen LogP contribution in [0.15, 0.2) is 63.9 Å². The number of rotatable bonds is 5. The minimum Gasteiger partial charge on any atom is -0.487 e. The van der Waals surface area contributed by atoms with Crippen LogP contribution in [0.25, 0.3) is 5.65 Å². The number of fused-ring (bicyclic) bond motifs is 2. The molecule has 2 aromatic carbocycles. The Hall–Kier alpha value is -4.27. The highest BCUT2D eigenvalue weighted by Crippen LogP contribution is 2.32. The molecule has 1 N–H and O–H groups in total. The van der Waals surface area contributed by atoms with Gasteiger partial charge in [-0.1, -0.05) is 6.07 Å². The predicted molar refractivity (Wildman–Crippen MR) is 110 cm³/mol. The van der Waals surface area contributed by atoms with E-state index in [1.165, 1.54) is 6.07 Å². The second kappa shape index (κ2) is 7.52. The molecule has 5 rings (SSSR count). The van der Waals surface area contributed by atoms with Crippen molar-refractivity contribution in [3.8, 4) is 17.2 Å². The first-order valence-electron chi connectivity index (χ1n) is 9.49. The number of ether oxygens (including phenoxy) is 3. The molecule has 0 spiro atoms. The van der Waals surface area contributed by atoms with Crippen LogP contribution in [-0.2, 0) is 6.61 Å². The first-order valence-corrected chi connectivity index (χ1v) is 9.49. The van der Waals surface area contributed by atoms with Crippen molar-refractivity contribution in [1.29, 1.82) is 0 Å². The fourth-order valence-corrected chi connectivity index (χ4v) is 3.21. The second-order valence-electron chi connectivity index (χ2n) is 6.92. The molecule has 1 amide bonds. The highest BCUT2D eigenvalue weighted by atomic mass is 16.7. The number of nitrogens with zero attached hydrogens (tertiary/aromatic N) is 2. The molecular weight excluding hydrogens is 402 g/mol. The molecule has 1 aliphatic rings. The Morgan fingerprint density at radius 1 is 1.13 bits per heavy atom. The van der Waals surface area contributed by atoms with Crippen molar-refractivity contribution >= 4 is 17.2 Å². The number of carbonyl (C=O) groups excluding carboxylic acids is 1. The zero-order valence-electron chi connectivity index (χ0n) is 16.5. The predicted octanol–water partition coefficient (Wildman–Crippen LogP) is 3.16. The minimum atomic E-state index is -0.318. The number of benzene rings is 2. The van der Waals surface area contributed by atoms with Crippen molar-refractivity contribution in [3.05, 3.63) is 82.0 Å². The molecule has 31 heavy (non-hydrogen) atoms. The van der Waals surface area contributed by atoms with Crippen molar-refractivity contribution in [2.45, 2.75) is 13.5 Å². The molecule has 9 nitrogen and oxygen atoms in total. The molecule has 0 aliphatic carbocycles. The van der Waals surface area contributed by atoms with Crippen LogP contribution in [0.5, 0.6) is 17.2 Å². The van der Waals surface area contributed by atoms with Crippen molar-refractivity contribution in [3.63, 3.8) is 0 Å².